The maximum Gasteiger partial charge on any atom is 0.416 e. The van der Waals surface area contributed by atoms with Gasteiger partial charge in [-0.25, -0.2) is 18.4 Å². The second-order valence-corrected chi connectivity index (χ2v) is 8.18. The van der Waals surface area contributed by atoms with E-state index in [-0.39, 0.29) is 37.6 Å². The van der Waals surface area contributed by atoms with Crippen LogP contribution in [0.2, 0.25) is 0 Å². The lowest BCUT2D eigenvalue weighted by Crippen LogP contribution is -2.46. The first-order valence-corrected chi connectivity index (χ1v) is 10.8. The molecule has 1 fully saturated rings. The van der Waals surface area contributed by atoms with E-state index in [9.17, 15) is 31.5 Å². The highest BCUT2D eigenvalue weighted by Crippen LogP contribution is 2.37. The van der Waals surface area contributed by atoms with Crippen LogP contribution in [0.15, 0.2) is 48.5 Å². The van der Waals surface area contributed by atoms with E-state index in [1.807, 2.05) is 0 Å². The van der Waals surface area contributed by atoms with E-state index < -0.39 is 41.7 Å². The molecule has 0 aliphatic carbocycles. The summed E-state index contributed by atoms with van der Waals surface area (Å²) in [6.45, 7) is 0.428. The monoisotopic (exact) mass is 485 g/mol. The van der Waals surface area contributed by atoms with Gasteiger partial charge in [-0.15, -0.1) is 0 Å². The zero-order chi connectivity index (χ0) is 24.9. The van der Waals surface area contributed by atoms with Crippen molar-refractivity contribution in [3.63, 3.8) is 0 Å². The van der Waals surface area contributed by atoms with Crippen molar-refractivity contribution >= 4 is 12.1 Å². The summed E-state index contributed by atoms with van der Waals surface area (Å²) in [5.41, 5.74) is -0.867. The van der Waals surface area contributed by atoms with Crippen molar-refractivity contribution < 1.29 is 41.4 Å². The van der Waals surface area contributed by atoms with E-state index in [2.05, 4.69) is 0 Å². The number of carboxylic acids is 1. The minimum Gasteiger partial charge on any atom is -0.478 e. The van der Waals surface area contributed by atoms with Gasteiger partial charge < -0.3 is 14.7 Å². The molecular weight excluding hydrogens is 461 g/mol. The summed E-state index contributed by atoms with van der Waals surface area (Å²) in [6.07, 6.45) is -4.77. The summed E-state index contributed by atoms with van der Waals surface area (Å²) in [7, 11) is 0. The molecule has 1 saturated heterocycles. The topological polar surface area (TPSA) is 66.8 Å². The first-order valence-electron chi connectivity index (χ1n) is 10.8. The van der Waals surface area contributed by atoms with Crippen LogP contribution in [-0.2, 0) is 23.3 Å². The number of carbonyl (C=O) groups is 2. The van der Waals surface area contributed by atoms with Gasteiger partial charge in [-0.05, 0) is 49.1 Å². The zero-order valence-electron chi connectivity index (χ0n) is 18.2. The molecular formula is C24H24F5NO4. The maximum atomic E-state index is 14.6. The standard InChI is InChI=1S/C24H24F5NO4/c25-23(26,18-3-1-4-19(15-18)24(27,28)29)12-2-5-20-11-14-34-22(33)30(20)13-10-16-6-8-17(9-7-16)21(31)32/h1,3-4,6-9,15,20H,2,5,10-14H2,(H,31,32)/t20-/m0/s1. The molecule has 1 atom stereocenters. The number of carbonyl (C=O) groups excluding carboxylic acids is 1. The molecule has 10 heteroatoms. The number of amides is 1. The highest BCUT2D eigenvalue weighted by Gasteiger charge is 2.36. The molecule has 0 radical (unpaired) electrons. The number of benzene rings is 2. The smallest absolute Gasteiger partial charge is 0.416 e. The number of hydrogen-bond donors (Lipinski definition) is 1. The Morgan fingerprint density at radius 3 is 2.38 bits per heavy atom. The molecule has 1 aliphatic rings. The fourth-order valence-corrected chi connectivity index (χ4v) is 3.93. The molecule has 3 rings (SSSR count). The van der Waals surface area contributed by atoms with Crippen LogP contribution in [0.3, 0.4) is 0 Å². The minimum atomic E-state index is -4.71. The van der Waals surface area contributed by atoms with E-state index in [0.717, 1.165) is 23.8 Å². The van der Waals surface area contributed by atoms with E-state index >= 15 is 0 Å². The van der Waals surface area contributed by atoms with E-state index in [0.29, 0.717) is 18.9 Å². The van der Waals surface area contributed by atoms with Crippen LogP contribution in [0.4, 0.5) is 26.7 Å². The zero-order valence-corrected chi connectivity index (χ0v) is 18.2. The largest absolute Gasteiger partial charge is 0.478 e. The third kappa shape index (κ3) is 6.45. The highest BCUT2D eigenvalue weighted by atomic mass is 19.4. The van der Waals surface area contributed by atoms with Crippen molar-refractivity contribution in [2.75, 3.05) is 13.2 Å². The molecule has 184 valence electrons. The van der Waals surface area contributed by atoms with Gasteiger partial charge in [0.25, 0.3) is 5.92 Å². The summed E-state index contributed by atoms with van der Waals surface area (Å²) in [4.78, 5) is 24.7. The van der Waals surface area contributed by atoms with Crippen molar-refractivity contribution in [1.29, 1.82) is 0 Å². The predicted molar refractivity (Wildman–Crippen MR) is 113 cm³/mol. The Labute approximate surface area is 193 Å². The molecule has 0 spiro atoms. The number of ether oxygens (including phenoxy) is 1. The van der Waals surface area contributed by atoms with Crippen molar-refractivity contribution in [3.05, 3.63) is 70.8 Å². The maximum absolute atomic E-state index is 14.6. The Balaban J connectivity index is 1.58. The SMILES string of the molecule is O=C(O)c1ccc(CCN2C(=O)OCC[C@@H]2CCCC(F)(F)c2cccc(C(F)(F)F)c2)cc1. The molecule has 2 aromatic carbocycles. The molecule has 1 heterocycles. The van der Waals surface area contributed by atoms with Crippen LogP contribution in [-0.4, -0.2) is 41.3 Å². The molecule has 1 amide bonds. The van der Waals surface area contributed by atoms with Gasteiger partial charge >= 0.3 is 18.2 Å². The lowest BCUT2D eigenvalue weighted by molar-refractivity contribution is -0.137. The number of cyclic esters (lactones) is 1. The van der Waals surface area contributed by atoms with Crippen LogP contribution >= 0.6 is 0 Å². The van der Waals surface area contributed by atoms with Crippen molar-refractivity contribution in [3.8, 4) is 0 Å². The number of carboxylic acid groups (broad SMARTS) is 1. The Morgan fingerprint density at radius 1 is 1.06 bits per heavy atom. The molecule has 0 saturated carbocycles. The fraction of sp³-hybridized carbons (Fsp3) is 0.417. The van der Waals surface area contributed by atoms with E-state index in [1.54, 1.807) is 12.1 Å². The Bertz CT molecular complexity index is 1010. The Morgan fingerprint density at radius 2 is 1.74 bits per heavy atom. The number of nitrogens with zero attached hydrogens (tertiary/aromatic N) is 1. The van der Waals surface area contributed by atoms with Gasteiger partial charge in [0, 0.05) is 31.0 Å². The second kappa shape index (κ2) is 10.4. The molecule has 1 aliphatic heterocycles. The predicted octanol–water partition coefficient (Wildman–Crippen LogP) is 6.12. The molecule has 0 bridgehead atoms. The number of rotatable bonds is 9. The van der Waals surface area contributed by atoms with Gasteiger partial charge in [0.1, 0.15) is 0 Å². The van der Waals surface area contributed by atoms with Gasteiger partial charge in [0.2, 0.25) is 0 Å². The van der Waals surface area contributed by atoms with Gasteiger partial charge in [-0.2, -0.15) is 13.2 Å². The molecule has 5 nitrogen and oxygen atoms in total. The Kier molecular flexibility index (Phi) is 7.78. The number of alkyl halides is 5. The second-order valence-electron chi connectivity index (χ2n) is 8.18. The lowest BCUT2D eigenvalue weighted by atomic mass is 9.97. The normalized spacial score (nSPS) is 16.9. The van der Waals surface area contributed by atoms with Crippen molar-refractivity contribution in [2.24, 2.45) is 0 Å². The lowest BCUT2D eigenvalue weighted by Gasteiger charge is -2.35. The third-order valence-corrected chi connectivity index (χ3v) is 5.83. The average molecular weight is 485 g/mol. The highest BCUT2D eigenvalue weighted by molar-refractivity contribution is 5.87. The molecule has 0 unspecified atom stereocenters. The summed E-state index contributed by atoms with van der Waals surface area (Å²) in [5, 5.41) is 8.97. The van der Waals surface area contributed by atoms with Crippen molar-refractivity contribution in [2.45, 2.75) is 50.2 Å². The fourth-order valence-electron chi connectivity index (χ4n) is 3.93. The van der Waals surface area contributed by atoms with Gasteiger partial charge in [-0.3, -0.25) is 0 Å². The van der Waals surface area contributed by atoms with Gasteiger partial charge in [-0.1, -0.05) is 24.3 Å². The quantitative estimate of drug-likeness (QED) is 0.435. The van der Waals surface area contributed by atoms with Crippen LogP contribution in [0, 0.1) is 0 Å². The van der Waals surface area contributed by atoms with Crippen LogP contribution in [0.1, 0.15) is 52.7 Å². The Hall–Kier alpha value is -3.17. The summed E-state index contributed by atoms with van der Waals surface area (Å²) >= 11 is 0. The molecule has 34 heavy (non-hydrogen) atoms. The minimum absolute atomic E-state index is 0.00496. The van der Waals surface area contributed by atoms with Gasteiger partial charge in [0.15, 0.2) is 0 Å². The molecule has 2 aromatic rings. The summed E-state index contributed by atoms with van der Waals surface area (Å²) in [6, 6.07) is 9.03. The number of halogens is 5. The molecule has 1 N–H and O–H groups in total. The summed E-state index contributed by atoms with van der Waals surface area (Å²) < 4.78 is 72.9. The van der Waals surface area contributed by atoms with Crippen molar-refractivity contribution in [1.82, 2.24) is 4.90 Å². The first-order chi connectivity index (χ1) is 16.0. The van der Waals surface area contributed by atoms with Crippen LogP contribution in [0.25, 0.3) is 0 Å². The van der Waals surface area contributed by atoms with Crippen LogP contribution < -0.4 is 0 Å². The number of hydrogen-bond acceptors (Lipinski definition) is 3. The first kappa shape index (κ1) is 25.5. The third-order valence-electron chi connectivity index (χ3n) is 5.83. The van der Waals surface area contributed by atoms with Crippen LogP contribution in [0.5, 0.6) is 0 Å². The van der Waals surface area contributed by atoms with E-state index in [4.69, 9.17) is 9.84 Å². The average Bonchev–Trinajstić information content (AvgIpc) is 2.78. The molecule has 0 aromatic heterocycles. The van der Waals surface area contributed by atoms with Gasteiger partial charge in [0.05, 0.1) is 17.7 Å². The summed E-state index contributed by atoms with van der Waals surface area (Å²) in [5.74, 6) is -4.49. The number of aromatic carboxylic acids is 1. The van der Waals surface area contributed by atoms with E-state index in [1.165, 1.54) is 17.0 Å².